The minimum absolute atomic E-state index is 0.529. The highest BCUT2D eigenvalue weighted by molar-refractivity contribution is 5.26. The Hall–Kier alpha value is -1.00. The maximum atomic E-state index is 12.5. The van der Waals surface area contributed by atoms with E-state index in [2.05, 4.69) is 5.43 Å². The molecule has 0 amide bonds. The van der Waals surface area contributed by atoms with Gasteiger partial charge in [0.25, 0.3) is 6.43 Å². The van der Waals surface area contributed by atoms with Crippen molar-refractivity contribution in [1.29, 1.82) is 0 Å². The summed E-state index contributed by atoms with van der Waals surface area (Å²) < 4.78 is 25.0. The van der Waals surface area contributed by atoms with E-state index in [0.717, 1.165) is 12.0 Å². The number of hydrogen-bond donors (Lipinski definition) is 2. The SMILES string of the molecule is CCc1cccc(C(NN)C(F)F)c1. The topological polar surface area (TPSA) is 38.0 Å². The highest BCUT2D eigenvalue weighted by Crippen LogP contribution is 2.20. The van der Waals surface area contributed by atoms with Gasteiger partial charge in [-0.15, -0.1) is 0 Å². The van der Waals surface area contributed by atoms with Crippen LogP contribution < -0.4 is 11.3 Å². The second-order valence-corrected chi connectivity index (χ2v) is 3.08. The minimum atomic E-state index is -2.49. The van der Waals surface area contributed by atoms with Gasteiger partial charge in [0.15, 0.2) is 0 Å². The van der Waals surface area contributed by atoms with Crippen molar-refractivity contribution < 1.29 is 8.78 Å². The standard InChI is InChI=1S/C10H14F2N2/c1-2-7-4-3-5-8(6-7)9(14-13)10(11)12/h3-6,9-10,14H,2,13H2,1H3. The van der Waals surface area contributed by atoms with Crippen LogP contribution in [0.1, 0.15) is 24.1 Å². The number of hydrazine groups is 1. The molecule has 1 rings (SSSR count). The molecule has 1 unspecified atom stereocenters. The number of alkyl halides is 2. The number of nitrogens with two attached hydrogens (primary N) is 1. The summed E-state index contributed by atoms with van der Waals surface area (Å²) in [6.07, 6.45) is -1.67. The van der Waals surface area contributed by atoms with Gasteiger partial charge >= 0.3 is 0 Å². The molecule has 2 nitrogen and oxygen atoms in total. The third-order valence-corrected chi connectivity index (χ3v) is 2.15. The quantitative estimate of drug-likeness (QED) is 0.576. The highest BCUT2D eigenvalue weighted by atomic mass is 19.3. The van der Waals surface area contributed by atoms with Crippen molar-refractivity contribution in [1.82, 2.24) is 5.43 Å². The predicted octanol–water partition coefficient (Wildman–Crippen LogP) is 2.02. The lowest BCUT2D eigenvalue weighted by atomic mass is 10.0. The maximum absolute atomic E-state index is 12.5. The van der Waals surface area contributed by atoms with Crippen LogP contribution in [0.5, 0.6) is 0 Å². The smallest absolute Gasteiger partial charge is 0.259 e. The van der Waals surface area contributed by atoms with E-state index < -0.39 is 12.5 Å². The predicted molar refractivity (Wildman–Crippen MR) is 51.9 cm³/mol. The van der Waals surface area contributed by atoms with E-state index in [1.54, 1.807) is 18.2 Å². The molecule has 0 heterocycles. The monoisotopic (exact) mass is 200 g/mol. The molecular weight excluding hydrogens is 186 g/mol. The molecule has 0 saturated carbocycles. The Balaban J connectivity index is 2.92. The molecule has 1 aromatic carbocycles. The number of rotatable bonds is 4. The van der Waals surface area contributed by atoms with Crippen LogP contribution in [0.25, 0.3) is 0 Å². The van der Waals surface area contributed by atoms with E-state index in [1.165, 1.54) is 0 Å². The van der Waals surface area contributed by atoms with Crippen LogP contribution >= 0.6 is 0 Å². The Morgan fingerprint density at radius 1 is 1.43 bits per heavy atom. The van der Waals surface area contributed by atoms with E-state index in [-0.39, 0.29) is 0 Å². The molecule has 0 saturated heterocycles. The van der Waals surface area contributed by atoms with Crippen LogP contribution in [-0.4, -0.2) is 6.43 Å². The van der Waals surface area contributed by atoms with Gasteiger partial charge in [0.2, 0.25) is 0 Å². The van der Waals surface area contributed by atoms with E-state index in [1.807, 2.05) is 13.0 Å². The molecule has 0 aliphatic rings. The molecule has 3 N–H and O–H groups in total. The number of benzene rings is 1. The molecule has 4 heteroatoms. The Kier molecular flexibility index (Phi) is 3.98. The third-order valence-electron chi connectivity index (χ3n) is 2.15. The molecule has 0 aliphatic carbocycles. The maximum Gasteiger partial charge on any atom is 0.259 e. The first-order valence-corrected chi connectivity index (χ1v) is 4.52. The van der Waals surface area contributed by atoms with Gasteiger partial charge in [-0.2, -0.15) is 0 Å². The van der Waals surface area contributed by atoms with Crippen molar-refractivity contribution in [2.24, 2.45) is 5.84 Å². The third kappa shape index (κ3) is 2.49. The van der Waals surface area contributed by atoms with E-state index in [0.29, 0.717) is 5.56 Å². The van der Waals surface area contributed by atoms with Gasteiger partial charge in [-0.3, -0.25) is 5.84 Å². The summed E-state index contributed by atoms with van der Waals surface area (Å²) in [5.41, 5.74) is 3.68. The Bertz CT molecular complexity index is 289. The van der Waals surface area contributed by atoms with Gasteiger partial charge in [0.1, 0.15) is 6.04 Å². The van der Waals surface area contributed by atoms with Gasteiger partial charge in [-0.05, 0) is 17.5 Å². The number of aryl methyl sites for hydroxylation is 1. The molecule has 14 heavy (non-hydrogen) atoms. The Morgan fingerprint density at radius 3 is 2.64 bits per heavy atom. The lowest BCUT2D eigenvalue weighted by Gasteiger charge is -2.15. The van der Waals surface area contributed by atoms with Crippen LogP contribution in [0.2, 0.25) is 0 Å². The second-order valence-electron chi connectivity index (χ2n) is 3.08. The molecular formula is C10H14F2N2. The van der Waals surface area contributed by atoms with Gasteiger partial charge in [-0.25, -0.2) is 14.2 Å². The summed E-state index contributed by atoms with van der Waals surface area (Å²) in [5, 5.41) is 0. The molecule has 0 bridgehead atoms. The molecule has 78 valence electrons. The molecule has 1 aromatic rings. The fraction of sp³-hybridized carbons (Fsp3) is 0.400. The molecule has 0 aliphatic heterocycles. The fourth-order valence-electron chi connectivity index (χ4n) is 1.32. The van der Waals surface area contributed by atoms with Crippen LogP contribution in [-0.2, 0) is 6.42 Å². The molecule has 0 fully saturated rings. The first-order chi connectivity index (χ1) is 6.69. The van der Waals surface area contributed by atoms with Crippen LogP contribution in [0.3, 0.4) is 0 Å². The number of halogens is 2. The second kappa shape index (κ2) is 5.02. The molecule has 0 aromatic heterocycles. The lowest BCUT2D eigenvalue weighted by Crippen LogP contribution is -2.32. The van der Waals surface area contributed by atoms with Gasteiger partial charge in [0, 0.05) is 0 Å². The lowest BCUT2D eigenvalue weighted by molar-refractivity contribution is 0.0986. The average molecular weight is 200 g/mol. The fourth-order valence-corrected chi connectivity index (χ4v) is 1.32. The minimum Gasteiger partial charge on any atom is -0.271 e. The van der Waals surface area contributed by atoms with Crippen molar-refractivity contribution in [2.45, 2.75) is 25.8 Å². The van der Waals surface area contributed by atoms with E-state index in [9.17, 15) is 8.78 Å². The Labute approximate surface area is 82.1 Å². The van der Waals surface area contributed by atoms with Gasteiger partial charge < -0.3 is 0 Å². The summed E-state index contributed by atoms with van der Waals surface area (Å²) in [6, 6.07) is 5.98. The normalized spacial score (nSPS) is 13.2. The van der Waals surface area contributed by atoms with Gasteiger partial charge in [-0.1, -0.05) is 31.2 Å². The van der Waals surface area contributed by atoms with Crippen LogP contribution in [0, 0.1) is 0 Å². The van der Waals surface area contributed by atoms with Crippen LogP contribution in [0.15, 0.2) is 24.3 Å². The summed E-state index contributed by atoms with van der Waals surface area (Å²) in [6.45, 7) is 1.98. The first-order valence-electron chi connectivity index (χ1n) is 4.52. The summed E-state index contributed by atoms with van der Waals surface area (Å²) >= 11 is 0. The van der Waals surface area contributed by atoms with E-state index >= 15 is 0 Å². The number of hydrogen-bond acceptors (Lipinski definition) is 2. The number of nitrogens with one attached hydrogen (secondary N) is 1. The van der Waals surface area contributed by atoms with Crippen molar-refractivity contribution in [3.05, 3.63) is 35.4 Å². The zero-order chi connectivity index (χ0) is 10.6. The zero-order valence-electron chi connectivity index (χ0n) is 8.00. The highest BCUT2D eigenvalue weighted by Gasteiger charge is 2.20. The largest absolute Gasteiger partial charge is 0.271 e. The van der Waals surface area contributed by atoms with Crippen molar-refractivity contribution >= 4 is 0 Å². The summed E-state index contributed by atoms with van der Waals surface area (Å²) in [7, 11) is 0. The van der Waals surface area contributed by atoms with Crippen molar-refractivity contribution in [3.8, 4) is 0 Å². The van der Waals surface area contributed by atoms with Crippen molar-refractivity contribution in [2.75, 3.05) is 0 Å². The molecule has 0 radical (unpaired) electrons. The van der Waals surface area contributed by atoms with E-state index in [4.69, 9.17) is 5.84 Å². The summed E-state index contributed by atoms with van der Waals surface area (Å²) in [5.74, 6) is 5.07. The van der Waals surface area contributed by atoms with Crippen molar-refractivity contribution in [3.63, 3.8) is 0 Å². The first kappa shape index (κ1) is 11.1. The summed E-state index contributed by atoms with van der Waals surface area (Å²) in [4.78, 5) is 0. The molecule has 1 atom stereocenters. The average Bonchev–Trinajstić information content (AvgIpc) is 2.19. The van der Waals surface area contributed by atoms with Crippen LogP contribution in [0.4, 0.5) is 8.78 Å². The van der Waals surface area contributed by atoms with Gasteiger partial charge in [0.05, 0.1) is 0 Å². The Morgan fingerprint density at radius 2 is 2.14 bits per heavy atom. The molecule has 0 spiro atoms. The zero-order valence-corrected chi connectivity index (χ0v) is 8.00.